The summed E-state index contributed by atoms with van der Waals surface area (Å²) in [6.45, 7) is -0.520. The maximum atomic E-state index is 12.7. The van der Waals surface area contributed by atoms with Crippen molar-refractivity contribution in [2.45, 2.75) is 12.6 Å². The summed E-state index contributed by atoms with van der Waals surface area (Å²) in [4.78, 5) is 35.0. The highest BCUT2D eigenvalue weighted by molar-refractivity contribution is 6.04. The molecule has 10 heteroatoms. The number of hydrogen-bond donors (Lipinski definition) is 3. The molecule has 0 heterocycles. The van der Waals surface area contributed by atoms with Gasteiger partial charge in [-0.3, -0.25) is 14.4 Å². The maximum absolute atomic E-state index is 12.7. The summed E-state index contributed by atoms with van der Waals surface area (Å²) in [6.07, 6.45) is -4.56. The van der Waals surface area contributed by atoms with Crippen LogP contribution in [0.4, 0.5) is 18.9 Å². The first-order valence-electron chi connectivity index (χ1n) is 8.42. The van der Waals surface area contributed by atoms with Gasteiger partial charge in [-0.1, -0.05) is 18.2 Å². The monoisotopic (exact) mass is 409 g/mol. The highest BCUT2D eigenvalue weighted by Crippen LogP contribution is 2.31. The summed E-state index contributed by atoms with van der Waals surface area (Å²) in [5.41, 5.74) is 4.43. The van der Waals surface area contributed by atoms with E-state index in [2.05, 4.69) is 10.6 Å². The molecule has 0 unspecified atom stereocenters. The third kappa shape index (κ3) is 6.83. The molecule has 7 nitrogen and oxygen atoms in total. The second-order valence-corrected chi connectivity index (χ2v) is 5.88. The van der Waals surface area contributed by atoms with Crippen molar-refractivity contribution in [3.63, 3.8) is 0 Å². The number of nitrogens with two attached hydrogens (primary N) is 1. The fourth-order valence-electron chi connectivity index (χ4n) is 2.28. The highest BCUT2D eigenvalue weighted by Gasteiger charge is 2.30. The topological polar surface area (TPSA) is 111 Å². The second-order valence-electron chi connectivity index (χ2n) is 5.88. The van der Waals surface area contributed by atoms with Gasteiger partial charge in [0, 0.05) is 13.0 Å². The van der Waals surface area contributed by atoms with E-state index in [9.17, 15) is 27.6 Å². The Morgan fingerprint density at radius 1 is 1.03 bits per heavy atom. The Bertz CT molecular complexity index is 900. The largest absolute Gasteiger partial charge is 0.484 e. The Morgan fingerprint density at radius 2 is 1.76 bits per heavy atom. The lowest BCUT2D eigenvalue weighted by Gasteiger charge is -2.12. The summed E-state index contributed by atoms with van der Waals surface area (Å²) in [5.74, 6) is -1.88. The van der Waals surface area contributed by atoms with E-state index in [-0.39, 0.29) is 30.0 Å². The molecule has 0 aliphatic heterocycles. The van der Waals surface area contributed by atoms with Gasteiger partial charge in [0.1, 0.15) is 5.75 Å². The number of amides is 3. The molecular formula is C19H18F3N3O4. The number of alkyl halides is 3. The second kappa shape index (κ2) is 9.58. The van der Waals surface area contributed by atoms with Crippen molar-refractivity contribution in [1.29, 1.82) is 0 Å². The van der Waals surface area contributed by atoms with E-state index in [0.29, 0.717) is 0 Å². The molecule has 0 aromatic heterocycles. The third-order valence-corrected chi connectivity index (χ3v) is 3.63. The van der Waals surface area contributed by atoms with Gasteiger partial charge >= 0.3 is 6.18 Å². The van der Waals surface area contributed by atoms with Gasteiger partial charge in [-0.25, -0.2) is 0 Å². The Balaban J connectivity index is 1.97. The molecule has 4 N–H and O–H groups in total. The first kappa shape index (κ1) is 21.7. The minimum Gasteiger partial charge on any atom is -0.484 e. The molecule has 0 saturated heterocycles. The predicted octanol–water partition coefficient (Wildman–Crippen LogP) is 2.33. The zero-order valence-corrected chi connectivity index (χ0v) is 15.1. The molecule has 0 fully saturated rings. The number of ether oxygens (including phenoxy) is 1. The minimum atomic E-state index is -4.53. The van der Waals surface area contributed by atoms with Crippen LogP contribution in [0, 0.1) is 0 Å². The Labute approximate surface area is 164 Å². The van der Waals surface area contributed by atoms with Crippen LogP contribution in [0.1, 0.15) is 22.3 Å². The Morgan fingerprint density at radius 3 is 2.45 bits per heavy atom. The molecule has 2 aromatic rings. The Hall–Kier alpha value is -3.56. The van der Waals surface area contributed by atoms with Crippen LogP contribution in [-0.4, -0.2) is 30.9 Å². The SMILES string of the molecule is NC(=O)CCNC(=O)c1ccccc1NC(=O)COc1cccc(C(F)(F)F)c1. The van der Waals surface area contributed by atoms with Crippen molar-refractivity contribution in [3.05, 3.63) is 59.7 Å². The summed E-state index contributed by atoms with van der Waals surface area (Å²) < 4.78 is 43.2. The zero-order valence-electron chi connectivity index (χ0n) is 15.1. The summed E-state index contributed by atoms with van der Waals surface area (Å²) in [5, 5.41) is 4.96. The smallest absolute Gasteiger partial charge is 0.416 e. The average molecular weight is 409 g/mol. The number of halogens is 3. The van der Waals surface area contributed by atoms with Gasteiger partial charge < -0.3 is 21.1 Å². The number of carbonyl (C=O) groups excluding carboxylic acids is 3. The van der Waals surface area contributed by atoms with Gasteiger partial charge in [-0.2, -0.15) is 13.2 Å². The lowest BCUT2D eigenvalue weighted by atomic mass is 10.1. The quantitative estimate of drug-likeness (QED) is 0.621. The van der Waals surface area contributed by atoms with Gasteiger partial charge in [0.15, 0.2) is 6.61 Å². The fraction of sp³-hybridized carbons (Fsp3) is 0.211. The van der Waals surface area contributed by atoms with Crippen LogP contribution in [0.2, 0.25) is 0 Å². The van der Waals surface area contributed by atoms with Gasteiger partial charge in [-0.05, 0) is 30.3 Å². The van der Waals surface area contributed by atoms with Crippen LogP contribution in [0.15, 0.2) is 48.5 Å². The molecule has 2 rings (SSSR count). The average Bonchev–Trinajstić information content (AvgIpc) is 2.66. The number of carbonyl (C=O) groups is 3. The first-order valence-corrected chi connectivity index (χ1v) is 8.42. The molecule has 0 bridgehead atoms. The molecule has 2 aromatic carbocycles. The van der Waals surface area contributed by atoms with E-state index in [0.717, 1.165) is 12.1 Å². The molecule has 3 amide bonds. The van der Waals surface area contributed by atoms with Crippen LogP contribution in [-0.2, 0) is 15.8 Å². The molecule has 0 aliphatic rings. The standard InChI is InChI=1S/C19H18F3N3O4/c20-19(21,22)12-4-3-5-13(10-12)29-11-17(27)25-15-7-2-1-6-14(15)18(28)24-9-8-16(23)26/h1-7,10H,8-9,11H2,(H2,23,26)(H,24,28)(H,25,27). The van der Waals surface area contributed by atoms with Crippen molar-refractivity contribution in [1.82, 2.24) is 5.32 Å². The van der Waals surface area contributed by atoms with Crippen LogP contribution in [0.25, 0.3) is 0 Å². The Kier molecular flexibility index (Phi) is 7.18. The molecule has 0 radical (unpaired) electrons. The van der Waals surface area contributed by atoms with E-state index < -0.39 is 36.1 Å². The van der Waals surface area contributed by atoms with Crippen molar-refractivity contribution >= 4 is 23.4 Å². The van der Waals surface area contributed by atoms with Crippen LogP contribution in [0.3, 0.4) is 0 Å². The number of rotatable bonds is 8. The normalized spacial score (nSPS) is 10.9. The predicted molar refractivity (Wildman–Crippen MR) is 98.2 cm³/mol. The van der Waals surface area contributed by atoms with Gasteiger partial charge in [0.05, 0.1) is 16.8 Å². The first-order chi connectivity index (χ1) is 13.7. The van der Waals surface area contributed by atoms with Crippen molar-refractivity contribution in [2.24, 2.45) is 5.73 Å². The number of primary amides is 1. The summed E-state index contributed by atoms with van der Waals surface area (Å²) >= 11 is 0. The van der Waals surface area contributed by atoms with Gasteiger partial charge in [-0.15, -0.1) is 0 Å². The number of benzene rings is 2. The van der Waals surface area contributed by atoms with E-state index in [1.54, 1.807) is 12.1 Å². The number of nitrogens with one attached hydrogen (secondary N) is 2. The van der Waals surface area contributed by atoms with Crippen molar-refractivity contribution in [2.75, 3.05) is 18.5 Å². The molecule has 0 aliphatic carbocycles. The van der Waals surface area contributed by atoms with Crippen LogP contribution in [0.5, 0.6) is 5.75 Å². The number of hydrogen-bond acceptors (Lipinski definition) is 4. The van der Waals surface area contributed by atoms with Crippen LogP contribution >= 0.6 is 0 Å². The molecular weight excluding hydrogens is 391 g/mol. The van der Waals surface area contributed by atoms with E-state index >= 15 is 0 Å². The van der Waals surface area contributed by atoms with Crippen LogP contribution < -0.4 is 21.1 Å². The van der Waals surface area contributed by atoms with Crippen molar-refractivity contribution < 1.29 is 32.3 Å². The van der Waals surface area contributed by atoms with E-state index in [4.69, 9.17) is 10.5 Å². The molecule has 0 saturated carbocycles. The van der Waals surface area contributed by atoms with Gasteiger partial charge in [0.25, 0.3) is 11.8 Å². The molecule has 0 spiro atoms. The van der Waals surface area contributed by atoms with Crippen molar-refractivity contribution in [3.8, 4) is 5.75 Å². The fourth-order valence-corrected chi connectivity index (χ4v) is 2.28. The van der Waals surface area contributed by atoms with E-state index in [1.165, 1.54) is 24.3 Å². The molecule has 0 atom stereocenters. The lowest BCUT2D eigenvalue weighted by molar-refractivity contribution is -0.137. The molecule has 29 heavy (non-hydrogen) atoms. The third-order valence-electron chi connectivity index (χ3n) is 3.63. The highest BCUT2D eigenvalue weighted by atomic mass is 19.4. The minimum absolute atomic E-state index is 0.0366. The van der Waals surface area contributed by atoms with Gasteiger partial charge in [0.2, 0.25) is 5.91 Å². The summed E-state index contributed by atoms with van der Waals surface area (Å²) in [7, 11) is 0. The number of anilines is 1. The van der Waals surface area contributed by atoms with E-state index in [1.807, 2.05) is 0 Å². The summed E-state index contributed by atoms with van der Waals surface area (Å²) in [6, 6.07) is 10.2. The number of para-hydroxylation sites is 1. The molecule has 154 valence electrons. The maximum Gasteiger partial charge on any atom is 0.416 e. The zero-order chi connectivity index (χ0) is 21.4. The lowest BCUT2D eigenvalue weighted by Crippen LogP contribution is -2.29.